The third-order valence-corrected chi connectivity index (χ3v) is 5.45. The number of fused-ring (bicyclic) bond motifs is 1. The molecule has 3 rings (SSSR count). The van der Waals surface area contributed by atoms with Crippen LogP contribution in [0.25, 0.3) is 16.2 Å². The van der Waals surface area contributed by atoms with E-state index in [0.717, 1.165) is 37.2 Å². The molecule has 2 aromatic heterocycles. The predicted octanol–water partition coefficient (Wildman–Crippen LogP) is 4.89. The molecule has 0 N–H and O–H groups in total. The molecule has 1 aromatic carbocycles. The molecule has 0 atom stereocenters. The number of rotatable bonds is 4. The van der Waals surface area contributed by atoms with Crippen molar-refractivity contribution in [3.8, 4) is 11.3 Å². The largest absolute Gasteiger partial charge is 0.217 e. The maximum atomic E-state index is 4.78. The zero-order valence-electron chi connectivity index (χ0n) is 11.3. The van der Waals surface area contributed by atoms with Crippen LogP contribution < -0.4 is 0 Å². The van der Waals surface area contributed by atoms with Crippen molar-refractivity contribution in [3.63, 3.8) is 0 Å². The zero-order chi connectivity index (χ0) is 14.1. The number of hydrogen-bond acceptors (Lipinski definition) is 4. The van der Waals surface area contributed by atoms with Crippen molar-refractivity contribution in [1.29, 1.82) is 0 Å². The molecule has 0 spiro atoms. The molecule has 0 fully saturated rings. The van der Waals surface area contributed by atoms with Crippen LogP contribution in [0.1, 0.15) is 19.5 Å². The van der Waals surface area contributed by atoms with Crippen molar-refractivity contribution >= 4 is 44.0 Å². The number of nitrogens with zero attached hydrogens (tertiary/aromatic N) is 3. The minimum atomic E-state index is 0.923. The summed E-state index contributed by atoms with van der Waals surface area (Å²) >= 11 is 6.90. The summed E-state index contributed by atoms with van der Waals surface area (Å²) in [6, 6.07) is 8.29. The lowest BCUT2D eigenvalue weighted by Gasteiger charge is -2.01. The summed E-state index contributed by atoms with van der Waals surface area (Å²) in [5, 5.41) is 4.66. The number of imidazole rings is 1. The van der Waals surface area contributed by atoms with Gasteiger partial charge in [-0.05, 0) is 24.3 Å². The van der Waals surface area contributed by atoms with Crippen LogP contribution in [0, 0.1) is 0 Å². The van der Waals surface area contributed by atoms with Gasteiger partial charge in [-0.2, -0.15) is 0 Å². The monoisotopic (exact) mass is 367 g/mol. The van der Waals surface area contributed by atoms with E-state index in [2.05, 4.69) is 47.0 Å². The van der Waals surface area contributed by atoms with E-state index < -0.39 is 0 Å². The van der Waals surface area contributed by atoms with E-state index in [1.165, 1.54) is 5.69 Å². The van der Waals surface area contributed by atoms with Crippen LogP contribution in [-0.4, -0.2) is 20.4 Å². The quantitative estimate of drug-likeness (QED) is 0.614. The van der Waals surface area contributed by atoms with Crippen molar-refractivity contribution in [2.45, 2.75) is 24.6 Å². The highest BCUT2D eigenvalue weighted by atomic mass is 79.9. The van der Waals surface area contributed by atoms with Crippen molar-refractivity contribution in [3.05, 3.63) is 34.4 Å². The molecule has 0 amide bonds. The summed E-state index contributed by atoms with van der Waals surface area (Å²) in [5.41, 5.74) is 3.38. The van der Waals surface area contributed by atoms with Crippen LogP contribution in [0.15, 0.2) is 33.1 Å². The van der Waals surface area contributed by atoms with Crippen LogP contribution in [0.3, 0.4) is 0 Å². The number of benzene rings is 1. The topological polar surface area (TPSA) is 30.2 Å². The van der Waals surface area contributed by atoms with E-state index in [0.29, 0.717) is 0 Å². The second-order valence-electron chi connectivity index (χ2n) is 4.26. The van der Waals surface area contributed by atoms with Gasteiger partial charge in [0.05, 0.1) is 11.4 Å². The van der Waals surface area contributed by atoms with E-state index in [4.69, 9.17) is 4.98 Å². The van der Waals surface area contributed by atoms with Crippen molar-refractivity contribution in [2.24, 2.45) is 0 Å². The zero-order valence-corrected chi connectivity index (χ0v) is 14.5. The number of hydrogen-bond donors (Lipinski definition) is 0. The average Bonchev–Trinajstić information content (AvgIpc) is 2.96. The molecule has 6 heteroatoms. The third-order valence-electron chi connectivity index (χ3n) is 3.00. The van der Waals surface area contributed by atoms with Crippen LogP contribution in [0.2, 0.25) is 0 Å². The van der Waals surface area contributed by atoms with Crippen LogP contribution in [0.4, 0.5) is 0 Å². The number of halogens is 1. The standard InChI is InChI=1S/C14H14BrN3S2/c1-3-11-12(9-5-7-10(15)8-6-9)16-13-18(11)17-14(20-13)19-4-2/h5-8H,3-4H2,1-2H3. The van der Waals surface area contributed by atoms with Crippen molar-refractivity contribution < 1.29 is 0 Å². The van der Waals surface area contributed by atoms with Gasteiger partial charge in [0, 0.05) is 10.0 Å². The molecule has 104 valence electrons. The van der Waals surface area contributed by atoms with E-state index in [9.17, 15) is 0 Å². The summed E-state index contributed by atoms with van der Waals surface area (Å²) in [6.07, 6.45) is 0.923. The molecule has 0 saturated heterocycles. The van der Waals surface area contributed by atoms with Gasteiger partial charge in [0.25, 0.3) is 0 Å². The fraction of sp³-hybridized carbons (Fsp3) is 0.286. The Hall–Kier alpha value is -0.850. The van der Waals surface area contributed by atoms with Crippen LogP contribution >= 0.6 is 39.0 Å². The molecule has 3 aromatic rings. The van der Waals surface area contributed by atoms with Crippen LogP contribution in [0.5, 0.6) is 0 Å². The molecule has 20 heavy (non-hydrogen) atoms. The fourth-order valence-corrected chi connectivity index (χ4v) is 4.23. The third kappa shape index (κ3) is 2.52. The Balaban J connectivity index is 2.11. The molecule has 0 unspecified atom stereocenters. The van der Waals surface area contributed by atoms with Gasteiger partial charge in [0.2, 0.25) is 4.96 Å². The first kappa shape index (κ1) is 14.1. The van der Waals surface area contributed by atoms with Gasteiger partial charge < -0.3 is 0 Å². The summed E-state index contributed by atoms with van der Waals surface area (Å²) in [5.74, 6) is 1.04. The Labute approximate surface area is 134 Å². The lowest BCUT2D eigenvalue weighted by atomic mass is 10.1. The summed E-state index contributed by atoms with van der Waals surface area (Å²) in [4.78, 5) is 5.76. The summed E-state index contributed by atoms with van der Waals surface area (Å²) < 4.78 is 4.17. The Morgan fingerprint density at radius 2 is 2.00 bits per heavy atom. The fourth-order valence-electron chi connectivity index (χ4n) is 2.11. The second kappa shape index (κ2) is 5.87. The predicted molar refractivity (Wildman–Crippen MR) is 89.8 cm³/mol. The molecule has 0 bridgehead atoms. The van der Waals surface area contributed by atoms with Crippen molar-refractivity contribution in [1.82, 2.24) is 14.6 Å². The Kier molecular flexibility index (Phi) is 4.14. The first-order chi connectivity index (χ1) is 9.72. The van der Waals surface area contributed by atoms with Gasteiger partial charge in [0.1, 0.15) is 0 Å². The molecule has 0 aliphatic heterocycles. The highest BCUT2D eigenvalue weighted by Crippen LogP contribution is 2.31. The molecule has 0 aliphatic rings. The summed E-state index contributed by atoms with van der Waals surface area (Å²) in [7, 11) is 0. The molecular weight excluding hydrogens is 354 g/mol. The van der Waals surface area contributed by atoms with E-state index in [1.807, 2.05) is 16.6 Å². The number of aryl methyl sites for hydroxylation is 1. The Morgan fingerprint density at radius 1 is 1.25 bits per heavy atom. The molecule has 0 saturated carbocycles. The first-order valence-corrected chi connectivity index (χ1v) is 9.09. The summed E-state index contributed by atoms with van der Waals surface area (Å²) in [6.45, 7) is 4.29. The van der Waals surface area contributed by atoms with Gasteiger partial charge in [-0.1, -0.05) is 65.0 Å². The Morgan fingerprint density at radius 3 is 2.65 bits per heavy atom. The van der Waals surface area contributed by atoms with E-state index in [1.54, 1.807) is 23.1 Å². The van der Waals surface area contributed by atoms with Gasteiger partial charge in [0.15, 0.2) is 4.34 Å². The number of thioether (sulfide) groups is 1. The number of aromatic nitrogens is 3. The SMILES string of the molecule is CCSc1nn2c(CC)c(-c3ccc(Br)cc3)nc2s1. The highest BCUT2D eigenvalue weighted by Gasteiger charge is 2.16. The lowest BCUT2D eigenvalue weighted by Crippen LogP contribution is -1.94. The van der Waals surface area contributed by atoms with Gasteiger partial charge >= 0.3 is 0 Å². The smallest absolute Gasteiger partial charge is 0.213 e. The molecule has 3 nitrogen and oxygen atoms in total. The van der Waals surface area contributed by atoms with Gasteiger partial charge in [-0.25, -0.2) is 9.50 Å². The maximum absolute atomic E-state index is 4.78. The minimum absolute atomic E-state index is 0.923. The van der Waals surface area contributed by atoms with Gasteiger partial charge in [-0.15, -0.1) is 5.10 Å². The molecule has 0 radical (unpaired) electrons. The van der Waals surface area contributed by atoms with Gasteiger partial charge in [-0.3, -0.25) is 0 Å². The van der Waals surface area contributed by atoms with E-state index in [-0.39, 0.29) is 0 Å². The second-order valence-corrected chi connectivity index (χ2v) is 7.65. The molecule has 0 aliphatic carbocycles. The Bertz CT molecular complexity index is 731. The lowest BCUT2D eigenvalue weighted by molar-refractivity contribution is 0.847. The normalized spacial score (nSPS) is 11.3. The highest BCUT2D eigenvalue weighted by molar-refractivity contribution is 9.10. The minimum Gasteiger partial charge on any atom is -0.217 e. The van der Waals surface area contributed by atoms with Crippen LogP contribution in [-0.2, 0) is 6.42 Å². The first-order valence-electron chi connectivity index (χ1n) is 6.50. The van der Waals surface area contributed by atoms with E-state index >= 15 is 0 Å². The average molecular weight is 368 g/mol. The molecular formula is C14H14BrN3S2. The molecule has 2 heterocycles. The maximum Gasteiger partial charge on any atom is 0.213 e. The van der Waals surface area contributed by atoms with Crippen molar-refractivity contribution in [2.75, 3.05) is 5.75 Å².